The highest BCUT2D eigenvalue weighted by molar-refractivity contribution is 5.91. The SMILES string of the molecule is Cc1ccc(O[C@@H]2CCN(C(=O)c3nc4nc(C)cc(C)n4n3)C2)nn1. The Morgan fingerprint density at radius 2 is 2.00 bits per heavy atom. The Bertz CT molecular complexity index is 967. The van der Waals surface area contributed by atoms with Gasteiger partial charge in [0.1, 0.15) is 6.10 Å². The van der Waals surface area contributed by atoms with Crippen molar-refractivity contribution in [2.75, 3.05) is 13.1 Å². The molecule has 0 unspecified atom stereocenters. The van der Waals surface area contributed by atoms with Gasteiger partial charge in [0.15, 0.2) is 0 Å². The van der Waals surface area contributed by atoms with Crippen molar-refractivity contribution in [1.29, 1.82) is 0 Å². The third kappa shape index (κ3) is 3.07. The van der Waals surface area contributed by atoms with Gasteiger partial charge in [-0.25, -0.2) is 9.50 Å². The van der Waals surface area contributed by atoms with Crippen LogP contribution in [0.3, 0.4) is 0 Å². The molecule has 3 aromatic rings. The zero-order chi connectivity index (χ0) is 18.3. The van der Waals surface area contributed by atoms with Crippen LogP contribution in [0, 0.1) is 20.8 Å². The summed E-state index contributed by atoms with van der Waals surface area (Å²) >= 11 is 0. The Hall–Kier alpha value is -3.10. The van der Waals surface area contributed by atoms with Gasteiger partial charge in [0.25, 0.3) is 11.7 Å². The van der Waals surface area contributed by atoms with Crippen LogP contribution in [0.25, 0.3) is 5.78 Å². The molecule has 0 aromatic carbocycles. The molecule has 0 spiro atoms. The lowest BCUT2D eigenvalue weighted by Gasteiger charge is -2.15. The van der Waals surface area contributed by atoms with E-state index >= 15 is 0 Å². The van der Waals surface area contributed by atoms with Gasteiger partial charge in [-0.1, -0.05) is 0 Å². The smallest absolute Gasteiger partial charge is 0.293 e. The molecular weight excluding hydrogens is 334 g/mol. The summed E-state index contributed by atoms with van der Waals surface area (Å²) in [5, 5.41) is 12.3. The summed E-state index contributed by atoms with van der Waals surface area (Å²) in [5.41, 5.74) is 2.56. The minimum absolute atomic E-state index is 0.116. The number of carbonyl (C=O) groups excluding carboxylic acids is 1. The van der Waals surface area contributed by atoms with E-state index in [1.54, 1.807) is 15.5 Å². The number of nitrogens with zero attached hydrogens (tertiary/aromatic N) is 7. The normalized spacial score (nSPS) is 17.0. The Balaban J connectivity index is 1.47. The van der Waals surface area contributed by atoms with Crippen molar-refractivity contribution >= 4 is 11.7 Å². The highest BCUT2D eigenvalue weighted by atomic mass is 16.5. The molecule has 1 amide bonds. The monoisotopic (exact) mass is 353 g/mol. The molecular formula is C17H19N7O2. The second kappa shape index (κ2) is 6.32. The van der Waals surface area contributed by atoms with E-state index in [1.807, 2.05) is 32.9 Å². The maximum atomic E-state index is 12.7. The van der Waals surface area contributed by atoms with Gasteiger partial charge in [0, 0.05) is 30.4 Å². The molecule has 9 heteroatoms. The van der Waals surface area contributed by atoms with Crippen molar-refractivity contribution in [3.63, 3.8) is 0 Å². The van der Waals surface area contributed by atoms with Crippen molar-refractivity contribution in [2.24, 2.45) is 0 Å². The predicted octanol–water partition coefficient (Wildman–Crippen LogP) is 1.13. The number of ether oxygens (including phenoxy) is 1. The maximum Gasteiger partial charge on any atom is 0.293 e. The Labute approximate surface area is 150 Å². The van der Waals surface area contributed by atoms with Crippen LogP contribution in [-0.2, 0) is 0 Å². The van der Waals surface area contributed by atoms with Crippen molar-refractivity contribution in [3.05, 3.63) is 41.1 Å². The van der Waals surface area contributed by atoms with Gasteiger partial charge in [-0.05, 0) is 32.9 Å². The fourth-order valence-corrected chi connectivity index (χ4v) is 3.03. The van der Waals surface area contributed by atoms with Crippen LogP contribution in [0.1, 0.15) is 34.1 Å². The molecule has 26 heavy (non-hydrogen) atoms. The molecule has 4 heterocycles. The first-order valence-electron chi connectivity index (χ1n) is 8.47. The molecule has 1 fully saturated rings. The lowest BCUT2D eigenvalue weighted by Crippen LogP contribution is -2.31. The van der Waals surface area contributed by atoms with Crippen molar-refractivity contribution < 1.29 is 9.53 Å². The molecule has 134 valence electrons. The highest BCUT2D eigenvalue weighted by Crippen LogP contribution is 2.18. The summed E-state index contributed by atoms with van der Waals surface area (Å²) in [6.45, 7) is 6.72. The van der Waals surface area contributed by atoms with Crippen molar-refractivity contribution in [3.8, 4) is 5.88 Å². The molecule has 1 aliphatic rings. The fraction of sp³-hybridized carbons (Fsp3) is 0.412. The molecule has 1 aliphatic heterocycles. The molecule has 4 rings (SSSR count). The average molecular weight is 353 g/mol. The van der Waals surface area contributed by atoms with Crippen LogP contribution < -0.4 is 4.74 Å². The number of amides is 1. The van der Waals surface area contributed by atoms with E-state index in [2.05, 4.69) is 25.3 Å². The van der Waals surface area contributed by atoms with Gasteiger partial charge in [-0.2, -0.15) is 10.1 Å². The third-order valence-electron chi connectivity index (χ3n) is 4.30. The van der Waals surface area contributed by atoms with Gasteiger partial charge < -0.3 is 9.64 Å². The molecule has 0 N–H and O–H groups in total. The number of hydrogen-bond donors (Lipinski definition) is 0. The third-order valence-corrected chi connectivity index (χ3v) is 4.30. The van der Waals surface area contributed by atoms with E-state index < -0.39 is 0 Å². The first-order chi connectivity index (χ1) is 12.5. The molecule has 9 nitrogen and oxygen atoms in total. The number of rotatable bonds is 3. The highest BCUT2D eigenvalue weighted by Gasteiger charge is 2.31. The summed E-state index contributed by atoms with van der Waals surface area (Å²) in [4.78, 5) is 23.0. The van der Waals surface area contributed by atoms with E-state index in [1.165, 1.54) is 0 Å². The first kappa shape index (κ1) is 16.4. The van der Waals surface area contributed by atoms with Crippen LogP contribution >= 0.6 is 0 Å². The zero-order valence-corrected chi connectivity index (χ0v) is 14.9. The topological polar surface area (TPSA) is 98.4 Å². The molecule has 1 saturated heterocycles. The molecule has 0 saturated carbocycles. The maximum absolute atomic E-state index is 12.7. The van der Waals surface area contributed by atoms with Gasteiger partial charge in [-0.15, -0.1) is 10.2 Å². The molecule has 0 radical (unpaired) electrons. The molecule has 0 bridgehead atoms. The van der Waals surface area contributed by atoms with E-state index in [4.69, 9.17) is 4.74 Å². The van der Waals surface area contributed by atoms with Crippen LogP contribution in [0.5, 0.6) is 5.88 Å². The second-order valence-electron chi connectivity index (χ2n) is 6.48. The molecule has 3 aromatic heterocycles. The summed E-state index contributed by atoms with van der Waals surface area (Å²) in [5.74, 6) is 0.847. The number of carbonyl (C=O) groups is 1. The zero-order valence-electron chi connectivity index (χ0n) is 14.9. The fourth-order valence-electron chi connectivity index (χ4n) is 3.03. The number of likely N-dealkylation sites (tertiary alicyclic amines) is 1. The van der Waals surface area contributed by atoms with Gasteiger partial charge in [-0.3, -0.25) is 4.79 Å². The summed E-state index contributed by atoms with van der Waals surface area (Å²) < 4.78 is 7.40. The molecule has 1 atom stereocenters. The van der Waals surface area contributed by atoms with Crippen LogP contribution in [0.2, 0.25) is 0 Å². The van der Waals surface area contributed by atoms with E-state index in [0.717, 1.165) is 23.5 Å². The van der Waals surface area contributed by atoms with Crippen molar-refractivity contribution in [2.45, 2.75) is 33.3 Å². The average Bonchev–Trinajstić information content (AvgIpc) is 3.23. The Morgan fingerprint density at radius 3 is 2.77 bits per heavy atom. The first-order valence-corrected chi connectivity index (χ1v) is 8.47. The van der Waals surface area contributed by atoms with Gasteiger partial charge >= 0.3 is 0 Å². The largest absolute Gasteiger partial charge is 0.471 e. The molecule has 0 aliphatic carbocycles. The predicted molar refractivity (Wildman–Crippen MR) is 92.0 cm³/mol. The number of hydrogen-bond acceptors (Lipinski definition) is 7. The number of fused-ring (bicyclic) bond motifs is 1. The summed E-state index contributed by atoms with van der Waals surface area (Å²) in [6, 6.07) is 5.53. The lowest BCUT2D eigenvalue weighted by atomic mass is 10.3. The number of aromatic nitrogens is 6. The second-order valence-corrected chi connectivity index (χ2v) is 6.48. The van der Waals surface area contributed by atoms with Gasteiger partial charge in [0.05, 0.1) is 12.2 Å². The van der Waals surface area contributed by atoms with E-state index in [0.29, 0.717) is 24.7 Å². The summed E-state index contributed by atoms with van der Waals surface area (Å²) in [7, 11) is 0. The Morgan fingerprint density at radius 1 is 1.15 bits per heavy atom. The summed E-state index contributed by atoms with van der Waals surface area (Å²) in [6.07, 6.45) is 0.612. The van der Waals surface area contributed by atoms with Crippen LogP contribution in [0.4, 0.5) is 0 Å². The van der Waals surface area contributed by atoms with Crippen LogP contribution in [-0.4, -0.2) is 59.8 Å². The Kier molecular flexibility index (Phi) is 3.98. The van der Waals surface area contributed by atoms with E-state index in [-0.39, 0.29) is 17.8 Å². The van der Waals surface area contributed by atoms with Crippen molar-refractivity contribution in [1.82, 2.24) is 34.7 Å². The minimum atomic E-state index is -0.214. The standard InChI is InChI=1S/C17H19N7O2/c1-10-4-5-14(21-20-10)26-13-6-7-23(9-13)16(25)15-19-17-18-11(2)8-12(3)24(17)22-15/h4-5,8,13H,6-7,9H2,1-3H3/t13-/m1/s1. The van der Waals surface area contributed by atoms with Gasteiger partial charge in [0.2, 0.25) is 11.7 Å². The van der Waals surface area contributed by atoms with Crippen LogP contribution in [0.15, 0.2) is 18.2 Å². The lowest BCUT2D eigenvalue weighted by molar-refractivity contribution is 0.0759. The minimum Gasteiger partial charge on any atom is -0.471 e. The van der Waals surface area contributed by atoms with E-state index in [9.17, 15) is 4.79 Å². The number of aryl methyl sites for hydroxylation is 3. The quantitative estimate of drug-likeness (QED) is 0.696.